The number of phenolic OH excluding ortho intramolecular Hbond substituents is 1. The van der Waals surface area contributed by atoms with Crippen LogP contribution in [0.25, 0.3) is 22.1 Å². The molecule has 1 aromatic heterocycles. The van der Waals surface area contributed by atoms with Crippen molar-refractivity contribution in [2.24, 2.45) is 0 Å². The van der Waals surface area contributed by atoms with E-state index in [0.29, 0.717) is 22.3 Å². The second-order valence-corrected chi connectivity index (χ2v) is 5.12. The molecular weight excluding hydrogens is 312 g/mol. The van der Waals surface area contributed by atoms with Crippen molar-refractivity contribution < 1.29 is 23.8 Å². The molecule has 0 radical (unpaired) electrons. The van der Waals surface area contributed by atoms with Crippen molar-refractivity contribution in [3.8, 4) is 28.4 Å². The predicted molar refractivity (Wildman–Crippen MR) is 87.4 cm³/mol. The summed E-state index contributed by atoms with van der Waals surface area (Å²) < 4.78 is 15.4. The van der Waals surface area contributed by atoms with E-state index in [9.17, 15) is 14.7 Å². The van der Waals surface area contributed by atoms with E-state index in [0.717, 1.165) is 0 Å². The summed E-state index contributed by atoms with van der Waals surface area (Å²) in [6.07, 6.45) is 1.33. The van der Waals surface area contributed by atoms with E-state index in [2.05, 4.69) is 0 Å². The molecule has 0 spiro atoms. The van der Waals surface area contributed by atoms with Crippen LogP contribution in [-0.4, -0.2) is 18.2 Å². The standard InChI is InChI=1S/C18H14O6/c1-10(19)24-12-5-3-11(4-6-12)14-9-23-16-8-15(20)17(22-2)7-13(16)18(14)21/h3-9,20H,1-2H3. The average molecular weight is 326 g/mol. The van der Waals surface area contributed by atoms with Crippen molar-refractivity contribution in [2.45, 2.75) is 6.92 Å². The molecule has 6 heteroatoms. The lowest BCUT2D eigenvalue weighted by molar-refractivity contribution is -0.131. The molecule has 0 saturated carbocycles. The van der Waals surface area contributed by atoms with E-state index in [1.165, 1.54) is 32.4 Å². The first-order valence-corrected chi connectivity index (χ1v) is 7.11. The molecular formula is C18H14O6. The summed E-state index contributed by atoms with van der Waals surface area (Å²) >= 11 is 0. The first-order valence-electron chi connectivity index (χ1n) is 7.11. The summed E-state index contributed by atoms with van der Waals surface area (Å²) in [5, 5.41) is 10.1. The highest BCUT2D eigenvalue weighted by Gasteiger charge is 2.13. The molecule has 0 atom stereocenters. The number of methoxy groups -OCH3 is 1. The van der Waals surface area contributed by atoms with Crippen LogP contribution in [0.5, 0.6) is 17.2 Å². The third kappa shape index (κ3) is 2.81. The molecule has 0 unspecified atom stereocenters. The Morgan fingerprint density at radius 1 is 1.17 bits per heavy atom. The topological polar surface area (TPSA) is 86.0 Å². The van der Waals surface area contributed by atoms with Gasteiger partial charge in [-0.25, -0.2) is 0 Å². The second-order valence-electron chi connectivity index (χ2n) is 5.12. The van der Waals surface area contributed by atoms with Crippen LogP contribution in [0.15, 0.2) is 51.9 Å². The highest BCUT2D eigenvalue weighted by molar-refractivity contribution is 5.84. The molecule has 2 aromatic carbocycles. The number of aromatic hydroxyl groups is 1. The van der Waals surface area contributed by atoms with Gasteiger partial charge in [-0.2, -0.15) is 0 Å². The Bertz CT molecular complexity index is 969. The molecule has 0 aliphatic rings. The summed E-state index contributed by atoms with van der Waals surface area (Å²) in [6, 6.07) is 9.29. The normalized spacial score (nSPS) is 10.6. The van der Waals surface area contributed by atoms with Gasteiger partial charge in [-0.3, -0.25) is 9.59 Å². The van der Waals surface area contributed by atoms with Crippen LogP contribution in [0.3, 0.4) is 0 Å². The number of fused-ring (bicyclic) bond motifs is 1. The first-order chi connectivity index (χ1) is 11.5. The van der Waals surface area contributed by atoms with Gasteiger partial charge in [0.1, 0.15) is 17.6 Å². The van der Waals surface area contributed by atoms with E-state index >= 15 is 0 Å². The maximum absolute atomic E-state index is 12.7. The van der Waals surface area contributed by atoms with Gasteiger partial charge in [0.2, 0.25) is 5.43 Å². The predicted octanol–water partition coefficient (Wildman–Crippen LogP) is 3.10. The van der Waals surface area contributed by atoms with Crippen molar-refractivity contribution in [1.82, 2.24) is 0 Å². The first kappa shape index (κ1) is 15.6. The molecule has 0 saturated heterocycles. The molecule has 0 amide bonds. The number of ether oxygens (including phenoxy) is 2. The summed E-state index contributed by atoms with van der Waals surface area (Å²) in [5.74, 6) is 0.0617. The molecule has 3 aromatic rings. The minimum Gasteiger partial charge on any atom is -0.504 e. The van der Waals surface area contributed by atoms with E-state index < -0.39 is 5.97 Å². The molecule has 3 rings (SSSR count). The summed E-state index contributed by atoms with van der Waals surface area (Å²) in [4.78, 5) is 23.6. The molecule has 122 valence electrons. The van der Waals surface area contributed by atoms with E-state index in [-0.39, 0.29) is 22.5 Å². The van der Waals surface area contributed by atoms with E-state index in [1.807, 2.05) is 0 Å². The van der Waals surface area contributed by atoms with Crippen molar-refractivity contribution in [3.63, 3.8) is 0 Å². The van der Waals surface area contributed by atoms with Gasteiger partial charge in [0.05, 0.1) is 18.1 Å². The SMILES string of the molecule is COc1cc2c(=O)c(-c3ccc(OC(C)=O)cc3)coc2cc1O. The lowest BCUT2D eigenvalue weighted by Gasteiger charge is -2.07. The number of esters is 1. The summed E-state index contributed by atoms with van der Waals surface area (Å²) in [7, 11) is 1.40. The number of hydrogen-bond donors (Lipinski definition) is 1. The molecule has 0 bridgehead atoms. The van der Waals surface area contributed by atoms with E-state index in [4.69, 9.17) is 13.9 Å². The molecule has 24 heavy (non-hydrogen) atoms. The van der Waals surface area contributed by atoms with Gasteiger partial charge in [-0.05, 0) is 23.8 Å². The number of phenols is 1. The maximum atomic E-state index is 12.7. The van der Waals surface area contributed by atoms with Gasteiger partial charge in [0.25, 0.3) is 0 Å². The Morgan fingerprint density at radius 2 is 1.88 bits per heavy atom. The van der Waals surface area contributed by atoms with Crippen LogP contribution in [0.2, 0.25) is 0 Å². The Kier molecular flexibility index (Phi) is 3.95. The molecule has 0 aliphatic heterocycles. The second kappa shape index (κ2) is 6.08. The molecule has 0 aliphatic carbocycles. The van der Waals surface area contributed by atoms with Crippen LogP contribution in [0.4, 0.5) is 0 Å². The zero-order valence-electron chi connectivity index (χ0n) is 13.0. The molecule has 6 nitrogen and oxygen atoms in total. The monoisotopic (exact) mass is 326 g/mol. The Labute approximate surface area is 136 Å². The third-order valence-electron chi connectivity index (χ3n) is 3.50. The highest BCUT2D eigenvalue weighted by Crippen LogP contribution is 2.31. The summed E-state index contributed by atoms with van der Waals surface area (Å²) in [5.41, 5.74) is 0.978. The van der Waals surface area contributed by atoms with Gasteiger partial charge in [0, 0.05) is 13.0 Å². The van der Waals surface area contributed by atoms with Gasteiger partial charge in [0.15, 0.2) is 11.5 Å². The Balaban J connectivity index is 2.10. The minimum atomic E-state index is -0.417. The van der Waals surface area contributed by atoms with Gasteiger partial charge < -0.3 is 19.0 Å². The lowest BCUT2D eigenvalue weighted by Crippen LogP contribution is -2.05. The highest BCUT2D eigenvalue weighted by atomic mass is 16.5. The van der Waals surface area contributed by atoms with Crippen LogP contribution in [0, 0.1) is 0 Å². The maximum Gasteiger partial charge on any atom is 0.308 e. The quantitative estimate of drug-likeness (QED) is 0.588. The molecule has 0 fully saturated rings. The summed E-state index contributed by atoms with van der Waals surface area (Å²) in [6.45, 7) is 1.31. The van der Waals surface area contributed by atoms with Crippen LogP contribution >= 0.6 is 0 Å². The fraction of sp³-hybridized carbons (Fsp3) is 0.111. The average Bonchev–Trinajstić information content (AvgIpc) is 2.55. The largest absolute Gasteiger partial charge is 0.504 e. The zero-order valence-corrected chi connectivity index (χ0v) is 13.0. The number of benzene rings is 2. The third-order valence-corrected chi connectivity index (χ3v) is 3.50. The van der Waals surface area contributed by atoms with Crippen molar-refractivity contribution >= 4 is 16.9 Å². The van der Waals surface area contributed by atoms with Crippen LogP contribution in [-0.2, 0) is 4.79 Å². The fourth-order valence-electron chi connectivity index (χ4n) is 2.38. The van der Waals surface area contributed by atoms with Crippen molar-refractivity contribution in [3.05, 3.63) is 52.9 Å². The van der Waals surface area contributed by atoms with Crippen molar-refractivity contribution in [2.75, 3.05) is 7.11 Å². The van der Waals surface area contributed by atoms with Crippen LogP contribution < -0.4 is 14.9 Å². The number of rotatable bonds is 3. The Morgan fingerprint density at radius 3 is 2.50 bits per heavy atom. The minimum absolute atomic E-state index is 0.105. The number of hydrogen-bond acceptors (Lipinski definition) is 6. The van der Waals surface area contributed by atoms with Crippen molar-refractivity contribution in [1.29, 1.82) is 0 Å². The van der Waals surface area contributed by atoms with Gasteiger partial charge in [-0.1, -0.05) is 12.1 Å². The fourth-order valence-corrected chi connectivity index (χ4v) is 2.38. The Hall–Kier alpha value is -3.28. The number of carbonyl (C=O) groups is 1. The number of carbonyl (C=O) groups excluding carboxylic acids is 1. The van der Waals surface area contributed by atoms with Gasteiger partial charge in [-0.15, -0.1) is 0 Å². The smallest absolute Gasteiger partial charge is 0.308 e. The molecule has 1 heterocycles. The van der Waals surface area contributed by atoms with Crippen LogP contribution in [0.1, 0.15) is 6.92 Å². The zero-order chi connectivity index (χ0) is 17.3. The van der Waals surface area contributed by atoms with Gasteiger partial charge >= 0.3 is 5.97 Å². The lowest BCUT2D eigenvalue weighted by atomic mass is 10.1. The molecule has 1 N–H and O–H groups in total. The van der Waals surface area contributed by atoms with E-state index in [1.54, 1.807) is 24.3 Å².